The summed E-state index contributed by atoms with van der Waals surface area (Å²) in [6.45, 7) is 13.3. The molecule has 200 valence electrons. The quantitative estimate of drug-likeness (QED) is 0.283. The zero-order chi connectivity index (χ0) is 27.7. The number of aromatic nitrogens is 3. The molecule has 1 aliphatic heterocycles. The van der Waals surface area contributed by atoms with E-state index in [4.69, 9.17) is 0 Å². The average Bonchev–Trinajstić information content (AvgIpc) is 3.56. The van der Waals surface area contributed by atoms with Gasteiger partial charge in [-0.05, 0) is 71.4 Å². The minimum absolute atomic E-state index is 0.0246. The Hall–Kier alpha value is -4.46. The predicted octanol–water partition coefficient (Wildman–Crippen LogP) is 5.68. The third-order valence-corrected chi connectivity index (χ3v) is 7.36. The minimum Gasteiger partial charge on any atom is -0.363 e. The number of carbonyl (C=O) groups excluding carboxylic acids is 2. The van der Waals surface area contributed by atoms with Crippen LogP contribution in [-0.4, -0.2) is 51.0 Å². The van der Waals surface area contributed by atoms with E-state index in [2.05, 4.69) is 53.2 Å². The maximum absolute atomic E-state index is 13.1. The summed E-state index contributed by atoms with van der Waals surface area (Å²) >= 11 is 0. The van der Waals surface area contributed by atoms with Crippen molar-refractivity contribution in [2.24, 2.45) is 0 Å². The highest BCUT2D eigenvalue weighted by atomic mass is 16.2. The van der Waals surface area contributed by atoms with E-state index in [0.29, 0.717) is 30.1 Å². The molecule has 3 heterocycles. The van der Waals surface area contributed by atoms with E-state index >= 15 is 0 Å². The minimum atomic E-state index is -0.152. The summed E-state index contributed by atoms with van der Waals surface area (Å²) in [5.74, 6) is 0.480. The van der Waals surface area contributed by atoms with Gasteiger partial charge in [-0.2, -0.15) is 5.10 Å². The molecule has 1 fully saturated rings. The first-order chi connectivity index (χ1) is 18.7. The molecular formula is C31H34N6O2. The molecule has 8 heteroatoms. The Labute approximate surface area is 228 Å². The van der Waals surface area contributed by atoms with E-state index in [1.165, 1.54) is 11.6 Å². The molecule has 1 saturated heterocycles. The lowest BCUT2D eigenvalue weighted by Crippen LogP contribution is -2.30. The number of hydrogen-bond donors (Lipinski definition) is 3. The second kappa shape index (κ2) is 10.4. The number of fused-ring (bicyclic) bond motifs is 1. The SMILES string of the molecule is C=CC(=O)N1CC[C@@H](Nc2n[nH]c3nccc(-c4cccc(NC(=O)c5ccc(C(C)(C)C)cc5)c4C)c23)C1. The lowest BCUT2D eigenvalue weighted by molar-refractivity contribution is -0.125. The van der Waals surface area contributed by atoms with Crippen molar-refractivity contribution < 1.29 is 9.59 Å². The molecule has 0 radical (unpaired) electrons. The van der Waals surface area contributed by atoms with Gasteiger partial charge >= 0.3 is 0 Å². The topological polar surface area (TPSA) is 103 Å². The molecule has 39 heavy (non-hydrogen) atoms. The Morgan fingerprint density at radius 1 is 1.10 bits per heavy atom. The van der Waals surface area contributed by atoms with Gasteiger partial charge in [-0.25, -0.2) is 4.98 Å². The summed E-state index contributed by atoms with van der Waals surface area (Å²) in [5, 5.41) is 15.0. The van der Waals surface area contributed by atoms with Crippen LogP contribution in [0.25, 0.3) is 22.2 Å². The Morgan fingerprint density at radius 3 is 2.59 bits per heavy atom. The lowest BCUT2D eigenvalue weighted by atomic mass is 9.86. The fraction of sp³-hybridized carbons (Fsp3) is 0.290. The number of nitrogens with zero attached hydrogens (tertiary/aromatic N) is 3. The van der Waals surface area contributed by atoms with Gasteiger partial charge in [0.15, 0.2) is 11.5 Å². The summed E-state index contributed by atoms with van der Waals surface area (Å²) in [6.07, 6.45) is 3.92. The number of likely N-dealkylation sites (tertiary alicyclic amines) is 1. The Morgan fingerprint density at radius 2 is 1.87 bits per heavy atom. The smallest absolute Gasteiger partial charge is 0.255 e. The summed E-state index contributed by atoms with van der Waals surface area (Å²) in [5.41, 5.74) is 6.10. The molecule has 0 bridgehead atoms. The summed E-state index contributed by atoms with van der Waals surface area (Å²) in [4.78, 5) is 31.4. The highest BCUT2D eigenvalue weighted by Crippen LogP contribution is 2.36. The fourth-order valence-electron chi connectivity index (χ4n) is 5.06. The summed E-state index contributed by atoms with van der Waals surface area (Å²) < 4.78 is 0. The molecule has 4 aromatic rings. The van der Waals surface area contributed by atoms with Crippen molar-refractivity contribution >= 4 is 34.4 Å². The molecule has 1 aliphatic rings. The molecule has 2 aromatic heterocycles. The first kappa shape index (κ1) is 26.2. The van der Waals surface area contributed by atoms with Crippen molar-refractivity contribution in [3.05, 3.63) is 84.1 Å². The van der Waals surface area contributed by atoms with Crippen molar-refractivity contribution in [2.75, 3.05) is 23.7 Å². The third-order valence-electron chi connectivity index (χ3n) is 7.36. The molecule has 5 rings (SSSR count). The van der Waals surface area contributed by atoms with Crippen LogP contribution in [-0.2, 0) is 10.2 Å². The van der Waals surface area contributed by atoms with Crippen LogP contribution >= 0.6 is 0 Å². The monoisotopic (exact) mass is 522 g/mol. The van der Waals surface area contributed by atoms with E-state index < -0.39 is 0 Å². The molecule has 2 amide bonds. The Balaban J connectivity index is 1.42. The number of amides is 2. The number of benzene rings is 2. The number of aromatic amines is 1. The Kier molecular flexibility index (Phi) is 6.95. The lowest BCUT2D eigenvalue weighted by Gasteiger charge is -2.19. The number of nitrogens with one attached hydrogen (secondary N) is 3. The highest BCUT2D eigenvalue weighted by Gasteiger charge is 2.26. The number of pyridine rings is 1. The number of rotatable bonds is 6. The van der Waals surface area contributed by atoms with E-state index in [-0.39, 0.29) is 23.3 Å². The number of anilines is 2. The Bertz CT molecular complexity index is 1550. The first-order valence-corrected chi connectivity index (χ1v) is 13.2. The molecule has 3 N–H and O–H groups in total. The first-order valence-electron chi connectivity index (χ1n) is 13.2. The second-order valence-corrected chi connectivity index (χ2v) is 11.0. The van der Waals surface area contributed by atoms with Crippen molar-refractivity contribution in [1.29, 1.82) is 0 Å². The standard InChI is InChI=1S/C31H34N6O2/c1-6-26(38)37-17-15-22(18-37)33-29-27-24(14-16-32-28(27)35-36-29)23-8-7-9-25(19(23)2)34-30(39)20-10-12-21(13-11-20)31(3,4)5/h6-14,16,22H,1,15,17-18H2,2-5H3,(H,34,39)(H2,32,33,35,36)/t22-/m1/s1. The van der Waals surface area contributed by atoms with Gasteiger partial charge in [0.1, 0.15) is 0 Å². The van der Waals surface area contributed by atoms with Crippen LogP contribution in [0.15, 0.2) is 67.4 Å². The van der Waals surface area contributed by atoms with Gasteiger partial charge in [0.05, 0.1) is 5.39 Å². The average molecular weight is 523 g/mol. The van der Waals surface area contributed by atoms with Crippen LogP contribution in [0.4, 0.5) is 11.5 Å². The van der Waals surface area contributed by atoms with E-state index in [9.17, 15) is 9.59 Å². The van der Waals surface area contributed by atoms with E-state index in [0.717, 1.165) is 34.2 Å². The molecule has 0 aliphatic carbocycles. The maximum Gasteiger partial charge on any atom is 0.255 e. The van der Waals surface area contributed by atoms with Gasteiger partial charge in [-0.1, -0.05) is 51.6 Å². The zero-order valence-corrected chi connectivity index (χ0v) is 22.8. The number of hydrogen-bond acceptors (Lipinski definition) is 5. The predicted molar refractivity (Wildman–Crippen MR) is 156 cm³/mol. The van der Waals surface area contributed by atoms with Gasteiger partial charge in [-0.3, -0.25) is 14.7 Å². The molecule has 1 atom stereocenters. The normalized spacial score (nSPS) is 15.4. The van der Waals surface area contributed by atoms with Gasteiger partial charge < -0.3 is 15.5 Å². The largest absolute Gasteiger partial charge is 0.363 e. The van der Waals surface area contributed by atoms with Gasteiger partial charge in [0.2, 0.25) is 5.91 Å². The van der Waals surface area contributed by atoms with Crippen LogP contribution in [0.5, 0.6) is 0 Å². The van der Waals surface area contributed by atoms with Crippen LogP contribution in [0, 0.1) is 6.92 Å². The molecular weight excluding hydrogens is 488 g/mol. The van der Waals surface area contributed by atoms with Crippen LogP contribution in [0.2, 0.25) is 0 Å². The van der Waals surface area contributed by atoms with Gasteiger partial charge in [0.25, 0.3) is 5.91 Å². The van der Waals surface area contributed by atoms with Gasteiger partial charge in [-0.15, -0.1) is 0 Å². The van der Waals surface area contributed by atoms with Crippen molar-refractivity contribution in [3.63, 3.8) is 0 Å². The molecule has 0 spiro atoms. The zero-order valence-electron chi connectivity index (χ0n) is 22.8. The van der Waals surface area contributed by atoms with E-state index in [1.54, 1.807) is 11.1 Å². The maximum atomic E-state index is 13.1. The van der Waals surface area contributed by atoms with Gasteiger partial charge in [0, 0.05) is 36.6 Å². The highest BCUT2D eigenvalue weighted by molar-refractivity contribution is 6.06. The van der Waals surface area contributed by atoms with E-state index in [1.807, 2.05) is 55.5 Å². The van der Waals surface area contributed by atoms with Crippen molar-refractivity contribution in [3.8, 4) is 11.1 Å². The van der Waals surface area contributed by atoms with Crippen molar-refractivity contribution in [2.45, 2.75) is 45.6 Å². The number of H-pyrrole nitrogens is 1. The molecule has 0 unspecified atom stereocenters. The summed E-state index contributed by atoms with van der Waals surface area (Å²) in [7, 11) is 0. The second-order valence-electron chi connectivity index (χ2n) is 11.0. The molecule has 8 nitrogen and oxygen atoms in total. The van der Waals surface area contributed by atoms with Crippen LogP contribution in [0.1, 0.15) is 48.7 Å². The third kappa shape index (κ3) is 5.27. The van der Waals surface area contributed by atoms with Crippen LogP contribution in [0.3, 0.4) is 0 Å². The molecule has 0 saturated carbocycles. The van der Waals surface area contributed by atoms with Crippen molar-refractivity contribution in [1.82, 2.24) is 20.1 Å². The fourth-order valence-corrected chi connectivity index (χ4v) is 5.06. The van der Waals surface area contributed by atoms with Crippen LogP contribution < -0.4 is 10.6 Å². The summed E-state index contributed by atoms with van der Waals surface area (Å²) in [6, 6.07) is 15.7. The molecule has 2 aromatic carbocycles. The number of carbonyl (C=O) groups is 2.